The predicted octanol–water partition coefficient (Wildman–Crippen LogP) is 11.5. The maximum Gasteiger partial charge on any atom is 0.322 e. The van der Waals surface area contributed by atoms with Gasteiger partial charge in [-0.1, -0.05) is 159 Å². The van der Waals surface area contributed by atoms with E-state index in [1.807, 2.05) is 6.08 Å². The molecule has 0 aliphatic rings. The average Bonchev–Trinajstić information content (AvgIpc) is 3.05. The van der Waals surface area contributed by atoms with Crippen molar-refractivity contribution in [2.75, 3.05) is 6.54 Å². The van der Waals surface area contributed by atoms with Crippen LogP contribution in [0, 0.1) is 0 Å². The van der Waals surface area contributed by atoms with Crippen LogP contribution in [0.2, 0.25) is 0 Å². The van der Waals surface area contributed by atoms with Crippen molar-refractivity contribution in [3.63, 3.8) is 0 Å². The molecule has 1 unspecified atom stereocenters. The van der Waals surface area contributed by atoms with E-state index in [0.29, 0.717) is 12.8 Å². The summed E-state index contributed by atoms with van der Waals surface area (Å²) in [6.07, 6.45) is 45.3. The van der Waals surface area contributed by atoms with Gasteiger partial charge in [-0.15, -0.1) is 0 Å². The molecule has 270 valence electrons. The molecule has 6 nitrogen and oxygen atoms in total. The van der Waals surface area contributed by atoms with E-state index in [2.05, 4.69) is 61.7 Å². The third-order valence-electron chi connectivity index (χ3n) is 8.25. The van der Waals surface area contributed by atoms with Crippen molar-refractivity contribution in [2.24, 2.45) is 0 Å². The summed E-state index contributed by atoms with van der Waals surface area (Å²) >= 11 is 0. The van der Waals surface area contributed by atoms with E-state index >= 15 is 0 Å². The Morgan fingerprint density at radius 1 is 0.574 bits per heavy atom. The van der Waals surface area contributed by atoms with Crippen molar-refractivity contribution >= 4 is 17.8 Å². The topological polar surface area (TPSA) is 92.7 Å². The first kappa shape index (κ1) is 44.4. The Kier molecular flexibility index (Phi) is 34.2. The summed E-state index contributed by atoms with van der Waals surface area (Å²) in [6.45, 7) is 4.09. The minimum Gasteiger partial charge on any atom is -0.480 e. The molecule has 0 aromatic heterocycles. The third-order valence-corrected chi connectivity index (χ3v) is 8.25. The number of esters is 1. The molecule has 47 heavy (non-hydrogen) atoms. The Balaban J connectivity index is 4.29. The van der Waals surface area contributed by atoms with Crippen LogP contribution in [0.1, 0.15) is 181 Å². The molecule has 0 heterocycles. The summed E-state index contributed by atoms with van der Waals surface area (Å²) in [5.41, 5.74) is 0. The molecular formula is C41H71NO5. The lowest BCUT2D eigenvalue weighted by Crippen LogP contribution is -2.28. The maximum absolute atomic E-state index is 12.6. The fraction of sp³-hybridized carbons (Fsp3) is 0.732. The highest BCUT2D eigenvalue weighted by molar-refractivity contribution is 5.80. The van der Waals surface area contributed by atoms with Crippen LogP contribution in [0.4, 0.5) is 0 Å². The van der Waals surface area contributed by atoms with Gasteiger partial charge >= 0.3 is 11.9 Å². The van der Waals surface area contributed by atoms with Crippen molar-refractivity contribution in [3.8, 4) is 0 Å². The van der Waals surface area contributed by atoms with Gasteiger partial charge in [-0.05, 0) is 57.4 Å². The molecular weight excluding hydrogens is 586 g/mol. The SMILES string of the molecule is CC/C=C\C/C=C\C/C=C\C/C=C\C(CCCCCCCC(=O)NCC(=O)O)OC(=O)CCCCCCCCCCCCCCCC. The number of unbranched alkanes of at least 4 members (excludes halogenated alkanes) is 17. The molecule has 1 atom stereocenters. The van der Waals surface area contributed by atoms with Gasteiger partial charge in [0.15, 0.2) is 0 Å². The number of carboxylic acid groups (broad SMARTS) is 1. The first-order chi connectivity index (χ1) is 23.0. The van der Waals surface area contributed by atoms with Crippen LogP contribution in [0.3, 0.4) is 0 Å². The Morgan fingerprint density at radius 3 is 1.53 bits per heavy atom. The normalized spacial score (nSPS) is 12.6. The van der Waals surface area contributed by atoms with Crippen molar-refractivity contribution in [3.05, 3.63) is 48.6 Å². The second kappa shape index (κ2) is 36.2. The highest BCUT2D eigenvalue weighted by atomic mass is 16.5. The number of ether oxygens (including phenoxy) is 1. The van der Waals surface area contributed by atoms with E-state index in [0.717, 1.165) is 77.0 Å². The highest BCUT2D eigenvalue weighted by Crippen LogP contribution is 2.16. The molecule has 0 saturated carbocycles. The highest BCUT2D eigenvalue weighted by Gasteiger charge is 2.11. The Morgan fingerprint density at radius 2 is 1.02 bits per heavy atom. The Labute approximate surface area is 289 Å². The van der Waals surface area contributed by atoms with Crippen LogP contribution >= 0.6 is 0 Å². The summed E-state index contributed by atoms with van der Waals surface area (Å²) in [7, 11) is 0. The third kappa shape index (κ3) is 36.1. The lowest BCUT2D eigenvalue weighted by atomic mass is 10.0. The van der Waals surface area contributed by atoms with Gasteiger partial charge in [0.25, 0.3) is 0 Å². The molecule has 6 heteroatoms. The zero-order chi connectivity index (χ0) is 34.5. The first-order valence-corrected chi connectivity index (χ1v) is 19.3. The molecule has 0 aromatic carbocycles. The number of carbonyl (C=O) groups is 3. The number of allylic oxidation sites excluding steroid dienone is 7. The molecule has 0 aliphatic heterocycles. The van der Waals surface area contributed by atoms with E-state index < -0.39 is 5.97 Å². The van der Waals surface area contributed by atoms with Crippen molar-refractivity contribution in [2.45, 2.75) is 187 Å². The zero-order valence-electron chi connectivity index (χ0n) is 30.4. The number of rotatable bonds is 34. The molecule has 0 fully saturated rings. The predicted molar refractivity (Wildman–Crippen MR) is 198 cm³/mol. The maximum atomic E-state index is 12.6. The second-order valence-corrected chi connectivity index (χ2v) is 12.8. The van der Waals surface area contributed by atoms with Crippen molar-refractivity contribution in [1.82, 2.24) is 5.32 Å². The Hall–Kier alpha value is -2.63. The molecule has 0 aromatic rings. The lowest BCUT2D eigenvalue weighted by Gasteiger charge is -2.14. The number of carboxylic acids is 1. The molecule has 0 saturated heterocycles. The van der Waals surface area contributed by atoms with Crippen molar-refractivity contribution in [1.29, 1.82) is 0 Å². The van der Waals surface area contributed by atoms with E-state index in [1.165, 1.54) is 77.0 Å². The van der Waals surface area contributed by atoms with Gasteiger partial charge in [-0.3, -0.25) is 14.4 Å². The largest absolute Gasteiger partial charge is 0.480 e. The fourth-order valence-electron chi connectivity index (χ4n) is 5.42. The zero-order valence-corrected chi connectivity index (χ0v) is 30.4. The van der Waals surface area contributed by atoms with Gasteiger partial charge in [-0.2, -0.15) is 0 Å². The van der Waals surface area contributed by atoms with E-state index in [4.69, 9.17) is 9.84 Å². The van der Waals surface area contributed by atoms with Gasteiger partial charge in [0, 0.05) is 12.8 Å². The fourth-order valence-corrected chi connectivity index (χ4v) is 5.42. The molecule has 0 spiro atoms. The lowest BCUT2D eigenvalue weighted by molar-refractivity contribution is -0.147. The molecule has 0 bridgehead atoms. The summed E-state index contributed by atoms with van der Waals surface area (Å²) in [5.74, 6) is -1.33. The van der Waals surface area contributed by atoms with Crippen LogP contribution in [0.15, 0.2) is 48.6 Å². The molecule has 0 radical (unpaired) electrons. The molecule has 0 rings (SSSR count). The number of hydrogen-bond acceptors (Lipinski definition) is 4. The van der Waals surface area contributed by atoms with E-state index in [9.17, 15) is 14.4 Å². The summed E-state index contributed by atoms with van der Waals surface area (Å²) in [4.78, 5) is 34.8. The summed E-state index contributed by atoms with van der Waals surface area (Å²) in [5, 5.41) is 11.0. The average molecular weight is 658 g/mol. The summed E-state index contributed by atoms with van der Waals surface area (Å²) in [6, 6.07) is 0. The molecule has 0 aliphatic carbocycles. The smallest absolute Gasteiger partial charge is 0.322 e. The summed E-state index contributed by atoms with van der Waals surface area (Å²) < 4.78 is 5.89. The van der Waals surface area contributed by atoms with Gasteiger partial charge in [0.1, 0.15) is 12.6 Å². The number of nitrogens with one attached hydrogen (secondary N) is 1. The van der Waals surface area contributed by atoms with Crippen LogP contribution in [0.5, 0.6) is 0 Å². The minimum absolute atomic E-state index is 0.0937. The quantitative estimate of drug-likeness (QED) is 0.0408. The monoisotopic (exact) mass is 658 g/mol. The molecule has 1 amide bonds. The van der Waals surface area contributed by atoms with E-state index in [-0.39, 0.29) is 24.5 Å². The van der Waals surface area contributed by atoms with Gasteiger partial charge < -0.3 is 15.2 Å². The van der Waals surface area contributed by atoms with Crippen LogP contribution < -0.4 is 5.32 Å². The van der Waals surface area contributed by atoms with Crippen LogP contribution in [0.25, 0.3) is 0 Å². The van der Waals surface area contributed by atoms with Gasteiger partial charge in [0.05, 0.1) is 0 Å². The first-order valence-electron chi connectivity index (χ1n) is 19.3. The molecule has 2 N–H and O–H groups in total. The minimum atomic E-state index is -1.03. The second-order valence-electron chi connectivity index (χ2n) is 12.8. The standard InChI is InChI=1S/C41H71NO5/c1-3-5-7-9-11-13-15-16-17-19-21-23-28-32-36-41(46)47-38(33-29-25-22-20-18-14-12-10-8-6-4-2)34-30-26-24-27-31-35-39(43)42-37-40(44)45/h6,8,12,14,20,22,29,33,38H,3-5,7,9-11,13,15-19,21,23-28,30-32,34-37H2,1-2H3,(H,42,43)(H,44,45)/b8-6-,14-12-,22-20-,33-29-. The number of aliphatic carboxylic acids is 1. The van der Waals surface area contributed by atoms with Crippen LogP contribution in [-0.4, -0.2) is 35.6 Å². The Bertz CT molecular complexity index is 860. The van der Waals surface area contributed by atoms with Crippen LogP contribution in [-0.2, 0) is 19.1 Å². The number of amides is 1. The van der Waals surface area contributed by atoms with Gasteiger partial charge in [-0.25, -0.2) is 0 Å². The number of carbonyl (C=O) groups excluding carboxylic acids is 2. The number of hydrogen-bond donors (Lipinski definition) is 2. The van der Waals surface area contributed by atoms with Crippen molar-refractivity contribution < 1.29 is 24.2 Å². The van der Waals surface area contributed by atoms with E-state index in [1.54, 1.807) is 0 Å². The van der Waals surface area contributed by atoms with Gasteiger partial charge in [0.2, 0.25) is 5.91 Å².